The third-order valence-electron chi connectivity index (χ3n) is 3.98. The molecule has 0 atom stereocenters. The quantitative estimate of drug-likeness (QED) is 0.589. The Morgan fingerprint density at radius 2 is 1.70 bits per heavy atom. The molecular formula is C21H16N4O2. The number of rotatable bonds is 5. The summed E-state index contributed by atoms with van der Waals surface area (Å²) in [6, 6.07) is 22.8. The van der Waals surface area contributed by atoms with E-state index in [1.807, 2.05) is 60.7 Å². The Kier molecular flexibility index (Phi) is 4.70. The van der Waals surface area contributed by atoms with Gasteiger partial charge in [-0.1, -0.05) is 48.5 Å². The number of nitrogens with zero attached hydrogens (tertiary/aromatic N) is 3. The van der Waals surface area contributed by atoms with Gasteiger partial charge in [-0.15, -0.1) is 10.2 Å². The van der Waals surface area contributed by atoms with Crippen LogP contribution in [0, 0.1) is 0 Å². The number of nitrogens with one attached hydrogen (secondary N) is 1. The van der Waals surface area contributed by atoms with Gasteiger partial charge in [0, 0.05) is 11.8 Å². The van der Waals surface area contributed by atoms with E-state index in [4.69, 9.17) is 4.42 Å². The van der Waals surface area contributed by atoms with E-state index in [1.165, 1.54) is 0 Å². The second-order valence-electron chi connectivity index (χ2n) is 5.85. The lowest BCUT2D eigenvalue weighted by atomic mass is 10.0. The van der Waals surface area contributed by atoms with Crippen LogP contribution in [0.25, 0.3) is 22.7 Å². The summed E-state index contributed by atoms with van der Waals surface area (Å²) in [5.74, 6) is 0.444. The highest BCUT2D eigenvalue weighted by atomic mass is 16.4. The van der Waals surface area contributed by atoms with Crippen LogP contribution < -0.4 is 5.32 Å². The van der Waals surface area contributed by atoms with Crippen LogP contribution in [0.2, 0.25) is 0 Å². The summed E-state index contributed by atoms with van der Waals surface area (Å²) in [6.07, 6.45) is 1.65. The summed E-state index contributed by atoms with van der Waals surface area (Å²) in [6.45, 7) is 0.147. The molecule has 0 aliphatic heterocycles. The molecule has 1 N–H and O–H groups in total. The Balaban J connectivity index is 1.44. The molecule has 6 nitrogen and oxygen atoms in total. The third kappa shape index (κ3) is 3.90. The number of amides is 1. The fourth-order valence-corrected chi connectivity index (χ4v) is 2.65. The molecule has 0 aliphatic rings. The molecule has 6 heteroatoms. The van der Waals surface area contributed by atoms with Gasteiger partial charge in [-0.3, -0.25) is 9.78 Å². The predicted octanol–water partition coefficient (Wildman–Crippen LogP) is 3.73. The van der Waals surface area contributed by atoms with E-state index in [-0.39, 0.29) is 12.5 Å². The number of benzene rings is 2. The number of aromatic nitrogens is 3. The smallest absolute Gasteiger partial charge is 0.266 e. The van der Waals surface area contributed by atoms with Crippen molar-refractivity contribution in [3.05, 3.63) is 90.4 Å². The van der Waals surface area contributed by atoms with Crippen LogP contribution in [-0.2, 0) is 6.54 Å². The van der Waals surface area contributed by atoms with Crippen LogP contribution >= 0.6 is 0 Å². The molecule has 132 valence electrons. The molecular weight excluding hydrogens is 340 g/mol. The average Bonchev–Trinajstić information content (AvgIpc) is 3.22. The van der Waals surface area contributed by atoms with E-state index in [1.54, 1.807) is 18.3 Å². The molecule has 2 aromatic carbocycles. The van der Waals surface area contributed by atoms with Crippen molar-refractivity contribution < 1.29 is 9.21 Å². The first-order valence-corrected chi connectivity index (χ1v) is 8.47. The third-order valence-corrected chi connectivity index (χ3v) is 3.98. The van der Waals surface area contributed by atoms with E-state index in [2.05, 4.69) is 20.5 Å². The largest absolute Gasteiger partial charge is 0.417 e. The Morgan fingerprint density at radius 1 is 0.889 bits per heavy atom. The van der Waals surface area contributed by atoms with Crippen molar-refractivity contribution >= 4 is 5.91 Å². The van der Waals surface area contributed by atoms with Crippen LogP contribution in [0.5, 0.6) is 0 Å². The summed E-state index contributed by atoms with van der Waals surface area (Å²) < 4.78 is 5.55. The normalized spacial score (nSPS) is 10.5. The molecule has 0 bridgehead atoms. The lowest BCUT2D eigenvalue weighted by molar-refractivity contribution is 0.0947. The van der Waals surface area contributed by atoms with Gasteiger partial charge in [0.25, 0.3) is 11.8 Å². The predicted molar refractivity (Wildman–Crippen MR) is 101 cm³/mol. The number of carbonyl (C=O) groups is 1. The first kappa shape index (κ1) is 16.7. The van der Waals surface area contributed by atoms with Gasteiger partial charge in [-0.05, 0) is 35.4 Å². The van der Waals surface area contributed by atoms with Crippen molar-refractivity contribution in [2.24, 2.45) is 0 Å². The number of hydrogen-bond acceptors (Lipinski definition) is 5. The molecule has 2 heterocycles. The number of hydrogen-bond donors (Lipinski definition) is 1. The Hall–Kier alpha value is -3.80. The standard InChI is InChI=1S/C21H16N4O2/c26-20(17-10-6-9-16(13-17)15-7-2-1-3-8-15)23-14-19-24-25-21(27-19)18-11-4-5-12-22-18/h1-13H,14H2,(H,23,26). The molecule has 2 aromatic heterocycles. The van der Waals surface area contributed by atoms with E-state index < -0.39 is 0 Å². The van der Waals surface area contributed by atoms with E-state index in [0.29, 0.717) is 23.0 Å². The first-order valence-electron chi connectivity index (χ1n) is 8.47. The summed E-state index contributed by atoms with van der Waals surface area (Å²) in [5.41, 5.74) is 3.21. The zero-order valence-corrected chi connectivity index (χ0v) is 14.4. The molecule has 0 radical (unpaired) electrons. The van der Waals surface area contributed by atoms with Crippen molar-refractivity contribution in [1.29, 1.82) is 0 Å². The summed E-state index contributed by atoms with van der Waals surface area (Å²) in [5, 5.41) is 10.7. The molecule has 0 saturated carbocycles. The monoisotopic (exact) mass is 356 g/mol. The molecule has 0 saturated heterocycles. The minimum atomic E-state index is -0.203. The highest BCUT2D eigenvalue weighted by Crippen LogP contribution is 2.20. The van der Waals surface area contributed by atoms with E-state index in [9.17, 15) is 4.79 Å². The summed E-state index contributed by atoms with van der Waals surface area (Å²) >= 11 is 0. The van der Waals surface area contributed by atoms with Crippen molar-refractivity contribution in [1.82, 2.24) is 20.5 Å². The maximum absolute atomic E-state index is 12.5. The van der Waals surface area contributed by atoms with Gasteiger partial charge in [0.2, 0.25) is 5.89 Å². The fraction of sp³-hybridized carbons (Fsp3) is 0.0476. The van der Waals surface area contributed by atoms with E-state index in [0.717, 1.165) is 11.1 Å². The Labute approximate surface area is 155 Å². The van der Waals surface area contributed by atoms with Gasteiger partial charge in [0.15, 0.2) is 0 Å². The second-order valence-corrected chi connectivity index (χ2v) is 5.85. The highest BCUT2D eigenvalue weighted by Gasteiger charge is 2.12. The minimum Gasteiger partial charge on any atom is -0.417 e. The van der Waals surface area contributed by atoms with Gasteiger partial charge in [-0.25, -0.2) is 0 Å². The van der Waals surface area contributed by atoms with Gasteiger partial charge in [0.1, 0.15) is 5.69 Å². The van der Waals surface area contributed by atoms with Crippen LogP contribution in [0.1, 0.15) is 16.2 Å². The lowest BCUT2D eigenvalue weighted by Gasteiger charge is -2.06. The molecule has 4 rings (SSSR count). The lowest BCUT2D eigenvalue weighted by Crippen LogP contribution is -2.22. The minimum absolute atomic E-state index is 0.147. The Morgan fingerprint density at radius 3 is 2.52 bits per heavy atom. The zero-order valence-electron chi connectivity index (χ0n) is 14.4. The van der Waals surface area contributed by atoms with Crippen molar-refractivity contribution in [3.8, 4) is 22.7 Å². The molecule has 0 unspecified atom stereocenters. The maximum Gasteiger partial charge on any atom is 0.266 e. The molecule has 0 aliphatic carbocycles. The van der Waals surface area contributed by atoms with E-state index >= 15 is 0 Å². The SMILES string of the molecule is O=C(NCc1nnc(-c2ccccn2)o1)c1cccc(-c2ccccc2)c1. The molecule has 0 spiro atoms. The highest BCUT2D eigenvalue weighted by molar-refractivity contribution is 5.95. The Bertz CT molecular complexity index is 1050. The molecule has 0 fully saturated rings. The van der Waals surface area contributed by atoms with Crippen LogP contribution in [0.15, 0.2) is 83.4 Å². The topological polar surface area (TPSA) is 80.9 Å². The van der Waals surface area contributed by atoms with Gasteiger partial charge >= 0.3 is 0 Å². The summed E-state index contributed by atoms with van der Waals surface area (Å²) in [4.78, 5) is 16.6. The van der Waals surface area contributed by atoms with Crippen LogP contribution in [-0.4, -0.2) is 21.1 Å². The fourth-order valence-electron chi connectivity index (χ4n) is 2.65. The van der Waals surface area contributed by atoms with Crippen LogP contribution in [0.3, 0.4) is 0 Å². The maximum atomic E-state index is 12.5. The van der Waals surface area contributed by atoms with Crippen LogP contribution in [0.4, 0.5) is 0 Å². The molecule has 4 aromatic rings. The van der Waals surface area contributed by atoms with Gasteiger partial charge in [0.05, 0.1) is 6.54 Å². The van der Waals surface area contributed by atoms with Crippen molar-refractivity contribution in [3.63, 3.8) is 0 Å². The zero-order chi connectivity index (χ0) is 18.5. The average molecular weight is 356 g/mol. The molecule has 1 amide bonds. The number of pyridine rings is 1. The van der Waals surface area contributed by atoms with Crippen molar-refractivity contribution in [2.45, 2.75) is 6.54 Å². The van der Waals surface area contributed by atoms with Crippen molar-refractivity contribution in [2.75, 3.05) is 0 Å². The summed E-state index contributed by atoms with van der Waals surface area (Å²) in [7, 11) is 0. The van der Waals surface area contributed by atoms with Gasteiger partial charge in [-0.2, -0.15) is 0 Å². The van der Waals surface area contributed by atoms with Gasteiger partial charge < -0.3 is 9.73 Å². The molecule has 27 heavy (non-hydrogen) atoms. The number of carbonyl (C=O) groups excluding carboxylic acids is 1. The second kappa shape index (κ2) is 7.61. The first-order chi connectivity index (χ1) is 13.3.